The molecule has 1 aromatic carbocycles. The molecular weight excluding hydrogens is 232 g/mol. The SMILES string of the molecule is CC1Cc2cc(C(=O)c3cccs3)ccc2O1. The first-order valence-corrected chi connectivity index (χ1v) is 6.50. The number of benzene rings is 1. The minimum Gasteiger partial charge on any atom is -0.490 e. The summed E-state index contributed by atoms with van der Waals surface area (Å²) in [6.45, 7) is 2.04. The Morgan fingerprint density at radius 3 is 3.06 bits per heavy atom. The number of ether oxygens (including phenoxy) is 1. The summed E-state index contributed by atoms with van der Waals surface area (Å²) in [4.78, 5) is 12.9. The van der Waals surface area contributed by atoms with E-state index in [4.69, 9.17) is 4.74 Å². The van der Waals surface area contributed by atoms with Crippen molar-refractivity contribution in [3.63, 3.8) is 0 Å². The van der Waals surface area contributed by atoms with Gasteiger partial charge in [0.15, 0.2) is 0 Å². The molecule has 1 aliphatic rings. The summed E-state index contributed by atoms with van der Waals surface area (Å²) in [5.74, 6) is 1.02. The van der Waals surface area contributed by atoms with Crippen LogP contribution in [0.15, 0.2) is 35.7 Å². The van der Waals surface area contributed by atoms with Crippen LogP contribution in [-0.2, 0) is 6.42 Å². The lowest BCUT2D eigenvalue weighted by atomic mass is 10.0. The van der Waals surface area contributed by atoms with Gasteiger partial charge in [-0.3, -0.25) is 4.79 Å². The molecule has 1 atom stereocenters. The van der Waals surface area contributed by atoms with Gasteiger partial charge in [0.25, 0.3) is 0 Å². The van der Waals surface area contributed by atoms with Crippen LogP contribution in [0, 0.1) is 0 Å². The lowest BCUT2D eigenvalue weighted by Crippen LogP contribution is -2.05. The summed E-state index contributed by atoms with van der Waals surface area (Å²) in [5.41, 5.74) is 1.89. The molecule has 1 unspecified atom stereocenters. The molecule has 3 heteroatoms. The van der Waals surface area contributed by atoms with Gasteiger partial charge in [-0.15, -0.1) is 11.3 Å². The van der Waals surface area contributed by atoms with Crippen LogP contribution in [0.25, 0.3) is 0 Å². The van der Waals surface area contributed by atoms with Crippen LogP contribution in [0.2, 0.25) is 0 Å². The zero-order valence-corrected chi connectivity index (χ0v) is 10.3. The lowest BCUT2D eigenvalue weighted by molar-refractivity contribution is 0.104. The van der Waals surface area contributed by atoms with Gasteiger partial charge in [0.2, 0.25) is 5.78 Å². The Morgan fingerprint density at radius 2 is 2.29 bits per heavy atom. The third-order valence-electron chi connectivity index (χ3n) is 2.90. The van der Waals surface area contributed by atoms with E-state index < -0.39 is 0 Å². The summed E-state index contributed by atoms with van der Waals surface area (Å²) in [6, 6.07) is 9.47. The van der Waals surface area contributed by atoms with Crippen LogP contribution in [-0.4, -0.2) is 11.9 Å². The molecule has 0 aliphatic carbocycles. The van der Waals surface area contributed by atoms with Crippen molar-refractivity contribution >= 4 is 17.1 Å². The summed E-state index contributed by atoms with van der Waals surface area (Å²) < 4.78 is 5.62. The number of rotatable bonds is 2. The molecule has 86 valence electrons. The van der Waals surface area contributed by atoms with E-state index in [-0.39, 0.29) is 11.9 Å². The van der Waals surface area contributed by atoms with Crippen molar-refractivity contribution in [3.8, 4) is 5.75 Å². The summed E-state index contributed by atoms with van der Waals surface area (Å²) >= 11 is 1.48. The van der Waals surface area contributed by atoms with Crippen molar-refractivity contribution in [2.75, 3.05) is 0 Å². The lowest BCUT2D eigenvalue weighted by Gasteiger charge is -2.03. The average molecular weight is 244 g/mol. The van der Waals surface area contributed by atoms with Crippen molar-refractivity contribution in [1.29, 1.82) is 0 Å². The zero-order valence-electron chi connectivity index (χ0n) is 9.47. The van der Waals surface area contributed by atoms with E-state index in [2.05, 4.69) is 0 Å². The molecule has 1 aromatic heterocycles. The Kier molecular flexibility index (Phi) is 2.48. The maximum atomic E-state index is 12.2. The molecule has 2 aromatic rings. The van der Waals surface area contributed by atoms with E-state index >= 15 is 0 Å². The van der Waals surface area contributed by atoms with Gasteiger partial charge in [-0.1, -0.05) is 6.07 Å². The number of carbonyl (C=O) groups is 1. The standard InChI is InChI=1S/C14H12O2S/c1-9-7-11-8-10(4-5-12(11)16-9)14(15)13-3-2-6-17-13/h2-6,8-9H,7H2,1H3. The second-order valence-corrected chi connectivity index (χ2v) is 5.21. The zero-order chi connectivity index (χ0) is 11.8. The molecule has 0 fully saturated rings. The quantitative estimate of drug-likeness (QED) is 0.758. The Labute approximate surface area is 104 Å². The van der Waals surface area contributed by atoms with Gasteiger partial charge in [0.1, 0.15) is 11.9 Å². The van der Waals surface area contributed by atoms with Crippen molar-refractivity contribution < 1.29 is 9.53 Å². The number of hydrogen-bond acceptors (Lipinski definition) is 3. The van der Waals surface area contributed by atoms with E-state index in [0.29, 0.717) is 0 Å². The monoisotopic (exact) mass is 244 g/mol. The van der Waals surface area contributed by atoms with E-state index in [1.807, 2.05) is 42.6 Å². The van der Waals surface area contributed by atoms with Crippen LogP contribution in [0.3, 0.4) is 0 Å². The summed E-state index contributed by atoms with van der Waals surface area (Å²) in [7, 11) is 0. The van der Waals surface area contributed by atoms with Crippen LogP contribution in [0.5, 0.6) is 5.75 Å². The fourth-order valence-electron chi connectivity index (χ4n) is 2.11. The smallest absolute Gasteiger partial charge is 0.202 e. The normalized spacial score (nSPS) is 17.6. The third kappa shape index (κ3) is 1.87. The molecule has 3 rings (SSSR count). The first-order chi connectivity index (χ1) is 8.24. The Bertz CT molecular complexity index is 558. The number of thiophene rings is 1. The highest BCUT2D eigenvalue weighted by Crippen LogP contribution is 2.30. The Morgan fingerprint density at radius 1 is 1.41 bits per heavy atom. The highest BCUT2D eigenvalue weighted by Gasteiger charge is 2.20. The highest BCUT2D eigenvalue weighted by atomic mass is 32.1. The number of ketones is 1. The molecule has 17 heavy (non-hydrogen) atoms. The molecule has 0 bridgehead atoms. The van der Waals surface area contributed by atoms with Crippen LogP contribution in [0.4, 0.5) is 0 Å². The van der Waals surface area contributed by atoms with Crippen LogP contribution < -0.4 is 4.74 Å². The van der Waals surface area contributed by atoms with Gasteiger partial charge in [0, 0.05) is 12.0 Å². The van der Waals surface area contributed by atoms with Crippen LogP contribution >= 0.6 is 11.3 Å². The second-order valence-electron chi connectivity index (χ2n) is 4.26. The van der Waals surface area contributed by atoms with Gasteiger partial charge in [-0.2, -0.15) is 0 Å². The van der Waals surface area contributed by atoms with Crippen LogP contribution in [0.1, 0.15) is 27.7 Å². The molecule has 0 N–H and O–H groups in total. The molecular formula is C14H12O2S. The highest BCUT2D eigenvalue weighted by molar-refractivity contribution is 7.12. The number of hydrogen-bond donors (Lipinski definition) is 0. The van der Waals surface area contributed by atoms with Gasteiger partial charge in [-0.05, 0) is 42.1 Å². The molecule has 2 heterocycles. The molecule has 2 nitrogen and oxygen atoms in total. The summed E-state index contributed by atoms with van der Waals surface area (Å²) in [6.07, 6.45) is 1.11. The third-order valence-corrected chi connectivity index (χ3v) is 3.77. The van der Waals surface area contributed by atoms with E-state index in [9.17, 15) is 4.79 Å². The van der Waals surface area contributed by atoms with E-state index in [1.165, 1.54) is 11.3 Å². The maximum absolute atomic E-state index is 12.2. The largest absolute Gasteiger partial charge is 0.490 e. The first kappa shape index (κ1) is 10.5. The van der Waals surface area contributed by atoms with Crippen molar-refractivity contribution in [3.05, 3.63) is 51.7 Å². The first-order valence-electron chi connectivity index (χ1n) is 5.62. The Hall–Kier alpha value is -1.61. The molecule has 0 saturated heterocycles. The van der Waals surface area contributed by atoms with Crippen molar-refractivity contribution in [2.45, 2.75) is 19.4 Å². The molecule has 0 amide bonds. The summed E-state index contributed by atoms with van der Waals surface area (Å²) in [5, 5.41) is 1.92. The fraction of sp³-hybridized carbons (Fsp3) is 0.214. The molecule has 0 saturated carbocycles. The van der Waals surface area contributed by atoms with Gasteiger partial charge in [-0.25, -0.2) is 0 Å². The predicted molar refractivity (Wildman–Crippen MR) is 68.0 cm³/mol. The van der Waals surface area contributed by atoms with E-state index in [0.717, 1.165) is 28.2 Å². The molecule has 0 radical (unpaired) electrons. The maximum Gasteiger partial charge on any atom is 0.202 e. The minimum absolute atomic E-state index is 0.0994. The van der Waals surface area contributed by atoms with E-state index in [1.54, 1.807) is 0 Å². The molecule has 1 aliphatic heterocycles. The Balaban J connectivity index is 1.96. The van der Waals surface area contributed by atoms with Gasteiger partial charge < -0.3 is 4.74 Å². The van der Waals surface area contributed by atoms with Crippen molar-refractivity contribution in [1.82, 2.24) is 0 Å². The molecule has 0 spiro atoms. The minimum atomic E-state index is 0.0994. The predicted octanol–water partition coefficient (Wildman–Crippen LogP) is 3.30. The van der Waals surface area contributed by atoms with Gasteiger partial charge in [0.05, 0.1) is 4.88 Å². The topological polar surface area (TPSA) is 26.3 Å². The number of fused-ring (bicyclic) bond motifs is 1. The number of carbonyl (C=O) groups excluding carboxylic acids is 1. The van der Waals surface area contributed by atoms with Gasteiger partial charge >= 0.3 is 0 Å². The second kappa shape index (κ2) is 4.00. The fourth-order valence-corrected chi connectivity index (χ4v) is 2.80. The average Bonchev–Trinajstić information content (AvgIpc) is 2.94. The van der Waals surface area contributed by atoms with Crippen molar-refractivity contribution in [2.24, 2.45) is 0 Å².